The van der Waals surface area contributed by atoms with Crippen molar-refractivity contribution in [2.45, 2.75) is 72.9 Å². The number of rotatable bonds is 8. The molecule has 0 spiro atoms. The van der Waals surface area contributed by atoms with Crippen molar-refractivity contribution in [3.8, 4) is 5.88 Å². The maximum atomic E-state index is 13.6. The number of allylic oxidation sites excluding steroid dienone is 2. The van der Waals surface area contributed by atoms with Crippen LogP contribution in [-0.4, -0.2) is 36.3 Å². The summed E-state index contributed by atoms with van der Waals surface area (Å²) < 4.78 is 32.5. The number of aromatic nitrogens is 2. The second-order valence-electron chi connectivity index (χ2n) is 8.94. The second kappa shape index (κ2) is 9.39. The van der Waals surface area contributed by atoms with Gasteiger partial charge >= 0.3 is 0 Å². The molecule has 0 radical (unpaired) electrons. The minimum absolute atomic E-state index is 0.119. The fourth-order valence-corrected chi connectivity index (χ4v) is 4.45. The number of nitrogens with zero attached hydrogens (tertiary/aromatic N) is 2. The zero-order valence-corrected chi connectivity index (χ0v) is 20.8. The molecule has 7 heteroatoms. The zero-order valence-electron chi connectivity index (χ0n) is 20.0. The molecule has 2 rings (SSSR count). The minimum Gasteiger partial charge on any atom is -0.475 e. The molecule has 0 fully saturated rings. The molecule has 1 aromatic carbocycles. The average Bonchev–Trinajstić information content (AvgIpc) is 3.00. The van der Waals surface area contributed by atoms with Gasteiger partial charge in [-0.05, 0) is 76.3 Å². The molecule has 0 aliphatic carbocycles. The van der Waals surface area contributed by atoms with Crippen LogP contribution >= 0.6 is 0 Å². The van der Waals surface area contributed by atoms with Crippen LogP contribution in [0.3, 0.4) is 0 Å². The Morgan fingerprint density at radius 2 is 1.71 bits per heavy atom. The first-order valence-corrected chi connectivity index (χ1v) is 12.4. The Balaban J connectivity index is 2.73. The van der Waals surface area contributed by atoms with E-state index in [2.05, 4.69) is 18.9 Å². The van der Waals surface area contributed by atoms with E-state index in [-0.39, 0.29) is 16.8 Å². The quantitative estimate of drug-likeness (QED) is 0.528. The normalized spacial score (nSPS) is 11.8. The molecule has 0 aliphatic rings. The van der Waals surface area contributed by atoms with Gasteiger partial charge in [0, 0.05) is 18.4 Å². The first-order valence-electron chi connectivity index (χ1n) is 10.5. The summed E-state index contributed by atoms with van der Waals surface area (Å²) in [6, 6.07) is 3.12. The molecule has 2 aromatic rings. The standard InChI is InChI=1S/C24H34N2O4S/c1-14(2)13-26-24(30-16(5)6)20(12-25-26)23(27)19-10-11-21(31(9,28)29)22(18(19)8)17(7)15(3)4/h10-12,14,16H,13H2,1-9H3. The summed E-state index contributed by atoms with van der Waals surface area (Å²) in [6.07, 6.45) is 2.61. The van der Waals surface area contributed by atoms with Crippen LogP contribution in [0.4, 0.5) is 0 Å². The number of carbonyl (C=O) groups excluding carboxylic acids is 1. The van der Waals surface area contributed by atoms with E-state index in [1.54, 1.807) is 23.9 Å². The van der Waals surface area contributed by atoms with Crippen molar-refractivity contribution in [3.05, 3.63) is 46.2 Å². The van der Waals surface area contributed by atoms with Crippen LogP contribution in [0.1, 0.15) is 75.5 Å². The van der Waals surface area contributed by atoms with Gasteiger partial charge in [-0.1, -0.05) is 19.4 Å². The molecule has 1 heterocycles. The van der Waals surface area contributed by atoms with Crippen molar-refractivity contribution in [1.29, 1.82) is 0 Å². The van der Waals surface area contributed by atoms with Gasteiger partial charge in [0.15, 0.2) is 15.6 Å². The van der Waals surface area contributed by atoms with E-state index in [4.69, 9.17) is 4.74 Å². The van der Waals surface area contributed by atoms with Crippen LogP contribution < -0.4 is 4.74 Å². The van der Waals surface area contributed by atoms with Crippen LogP contribution in [0.15, 0.2) is 28.8 Å². The third-order valence-electron chi connectivity index (χ3n) is 5.12. The van der Waals surface area contributed by atoms with Crippen LogP contribution in [0.2, 0.25) is 0 Å². The van der Waals surface area contributed by atoms with Crippen LogP contribution in [0.25, 0.3) is 5.57 Å². The van der Waals surface area contributed by atoms with Gasteiger partial charge in [0.2, 0.25) is 5.88 Å². The van der Waals surface area contributed by atoms with Crippen LogP contribution in [-0.2, 0) is 16.4 Å². The van der Waals surface area contributed by atoms with Gasteiger partial charge < -0.3 is 4.74 Å². The number of ether oxygens (including phenoxy) is 1. The van der Waals surface area contributed by atoms with Gasteiger partial charge in [-0.15, -0.1) is 0 Å². The van der Waals surface area contributed by atoms with Gasteiger partial charge in [0.1, 0.15) is 5.56 Å². The molecular weight excluding hydrogens is 412 g/mol. The Hall–Kier alpha value is -2.41. The third kappa shape index (κ3) is 5.45. The highest BCUT2D eigenvalue weighted by atomic mass is 32.2. The topological polar surface area (TPSA) is 78.3 Å². The van der Waals surface area contributed by atoms with E-state index in [1.165, 1.54) is 12.3 Å². The zero-order chi connectivity index (χ0) is 23.7. The van der Waals surface area contributed by atoms with Gasteiger partial charge in [-0.3, -0.25) is 4.79 Å². The first kappa shape index (κ1) is 24.9. The highest BCUT2D eigenvalue weighted by Crippen LogP contribution is 2.33. The fourth-order valence-electron chi connectivity index (χ4n) is 3.46. The van der Waals surface area contributed by atoms with Gasteiger partial charge in [-0.2, -0.15) is 5.10 Å². The number of benzene rings is 1. The molecule has 1 aromatic heterocycles. The molecule has 0 saturated carbocycles. The molecule has 6 nitrogen and oxygen atoms in total. The number of sulfone groups is 1. The van der Waals surface area contributed by atoms with Crippen molar-refractivity contribution in [2.24, 2.45) is 5.92 Å². The molecule has 0 aliphatic heterocycles. The lowest BCUT2D eigenvalue weighted by atomic mass is 9.91. The lowest BCUT2D eigenvalue weighted by Crippen LogP contribution is -2.16. The SMILES string of the molecule is CC(C)=C(C)c1c(S(C)(=O)=O)ccc(C(=O)c2cnn(CC(C)C)c2OC(C)C)c1C. The molecule has 0 atom stereocenters. The van der Waals surface area contributed by atoms with Crippen LogP contribution in [0.5, 0.6) is 5.88 Å². The predicted molar refractivity (Wildman–Crippen MR) is 124 cm³/mol. The monoisotopic (exact) mass is 446 g/mol. The summed E-state index contributed by atoms with van der Waals surface area (Å²) in [5.74, 6) is 0.548. The Bertz CT molecular complexity index is 1120. The lowest BCUT2D eigenvalue weighted by Gasteiger charge is -2.18. The smallest absolute Gasteiger partial charge is 0.223 e. The van der Waals surface area contributed by atoms with E-state index in [1.807, 2.05) is 34.6 Å². The molecule has 0 saturated heterocycles. The molecule has 170 valence electrons. The van der Waals surface area contributed by atoms with Gasteiger partial charge in [0.05, 0.1) is 17.2 Å². The Morgan fingerprint density at radius 3 is 2.19 bits per heavy atom. The number of ketones is 1. The Morgan fingerprint density at radius 1 is 1.10 bits per heavy atom. The summed E-state index contributed by atoms with van der Waals surface area (Å²) in [5, 5.41) is 4.39. The highest BCUT2D eigenvalue weighted by Gasteiger charge is 2.26. The highest BCUT2D eigenvalue weighted by molar-refractivity contribution is 7.90. The van der Waals surface area contributed by atoms with Crippen molar-refractivity contribution < 1.29 is 17.9 Å². The van der Waals surface area contributed by atoms with Crippen molar-refractivity contribution >= 4 is 21.2 Å². The van der Waals surface area contributed by atoms with E-state index in [9.17, 15) is 13.2 Å². The molecule has 0 unspecified atom stereocenters. The van der Waals surface area contributed by atoms with E-state index >= 15 is 0 Å². The lowest BCUT2D eigenvalue weighted by molar-refractivity contribution is 0.103. The summed E-state index contributed by atoms with van der Waals surface area (Å²) >= 11 is 0. The summed E-state index contributed by atoms with van der Waals surface area (Å²) in [6.45, 7) is 16.1. The first-order chi connectivity index (χ1) is 14.3. The summed E-state index contributed by atoms with van der Waals surface area (Å²) in [7, 11) is -3.46. The number of hydrogen-bond donors (Lipinski definition) is 0. The average molecular weight is 447 g/mol. The van der Waals surface area contributed by atoms with E-state index in [0.29, 0.717) is 40.6 Å². The summed E-state index contributed by atoms with van der Waals surface area (Å²) in [5.41, 5.74) is 3.90. The maximum absolute atomic E-state index is 13.6. The summed E-state index contributed by atoms with van der Waals surface area (Å²) in [4.78, 5) is 13.8. The van der Waals surface area contributed by atoms with Gasteiger partial charge in [-0.25, -0.2) is 13.1 Å². The predicted octanol–water partition coefficient (Wildman–Crippen LogP) is 5.08. The van der Waals surface area contributed by atoms with Gasteiger partial charge in [0.25, 0.3) is 0 Å². The maximum Gasteiger partial charge on any atom is 0.223 e. The van der Waals surface area contributed by atoms with E-state index in [0.717, 1.165) is 11.1 Å². The van der Waals surface area contributed by atoms with Crippen molar-refractivity contribution in [3.63, 3.8) is 0 Å². The molecule has 31 heavy (non-hydrogen) atoms. The largest absolute Gasteiger partial charge is 0.475 e. The Kier molecular flexibility index (Phi) is 7.53. The fraction of sp³-hybridized carbons (Fsp3) is 0.500. The Labute approximate surface area is 186 Å². The van der Waals surface area contributed by atoms with Crippen molar-refractivity contribution in [1.82, 2.24) is 9.78 Å². The second-order valence-corrected chi connectivity index (χ2v) is 10.9. The molecule has 0 bridgehead atoms. The number of hydrogen-bond acceptors (Lipinski definition) is 5. The number of carbonyl (C=O) groups is 1. The molecular formula is C24H34N2O4S. The van der Waals surface area contributed by atoms with Crippen LogP contribution in [0, 0.1) is 12.8 Å². The minimum atomic E-state index is -3.46. The van der Waals surface area contributed by atoms with Crippen molar-refractivity contribution in [2.75, 3.05) is 6.26 Å². The molecule has 0 N–H and O–H groups in total. The van der Waals surface area contributed by atoms with E-state index < -0.39 is 9.84 Å². The third-order valence-corrected chi connectivity index (χ3v) is 6.26. The molecule has 0 amide bonds.